The van der Waals surface area contributed by atoms with Crippen LogP contribution in [-0.2, 0) is 16.2 Å². The molecule has 1 saturated carbocycles. The zero-order valence-electron chi connectivity index (χ0n) is 20.1. The molecule has 2 amide bonds. The zero-order valence-corrected chi connectivity index (χ0v) is 21.7. The minimum absolute atomic E-state index is 0.0116. The Hall–Kier alpha value is -3.27. The van der Waals surface area contributed by atoms with Crippen LogP contribution in [0.4, 0.5) is 0 Å². The fourth-order valence-electron chi connectivity index (χ4n) is 4.56. The van der Waals surface area contributed by atoms with Gasteiger partial charge in [0, 0.05) is 27.2 Å². The molecule has 6 nitrogen and oxygen atoms in total. The number of nitrogens with zero attached hydrogens (tertiary/aromatic N) is 2. The monoisotopic (exact) mass is 524 g/mol. The molecule has 0 N–H and O–H groups in total. The molecule has 36 heavy (non-hydrogen) atoms. The molecule has 0 atom stereocenters. The third kappa shape index (κ3) is 5.28. The van der Waals surface area contributed by atoms with Crippen molar-refractivity contribution in [2.75, 3.05) is 6.61 Å². The van der Waals surface area contributed by atoms with Crippen molar-refractivity contribution in [3.05, 3.63) is 74.3 Å². The second kappa shape index (κ2) is 11.2. The molecular formula is C28H26Cl2N2O4. The van der Waals surface area contributed by atoms with Crippen LogP contribution in [0, 0.1) is 11.3 Å². The second-order valence-electron chi connectivity index (χ2n) is 8.75. The first-order chi connectivity index (χ1) is 17.3. The van der Waals surface area contributed by atoms with Gasteiger partial charge in [-0.2, -0.15) is 5.26 Å². The molecule has 1 aliphatic carbocycles. The third-order valence-corrected chi connectivity index (χ3v) is 7.03. The van der Waals surface area contributed by atoms with Crippen molar-refractivity contribution in [2.45, 2.75) is 52.2 Å². The maximum Gasteiger partial charge on any atom is 0.271 e. The van der Waals surface area contributed by atoms with E-state index in [-0.39, 0.29) is 24.1 Å². The lowest BCUT2D eigenvalue weighted by atomic mass is 9.92. The lowest BCUT2D eigenvalue weighted by Crippen LogP contribution is -2.47. The highest BCUT2D eigenvalue weighted by Gasteiger charge is 2.40. The van der Waals surface area contributed by atoms with Crippen molar-refractivity contribution in [3.63, 3.8) is 0 Å². The molecule has 1 fully saturated rings. The van der Waals surface area contributed by atoms with E-state index in [0.717, 1.165) is 31.2 Å². The molecule has 2 aromatic rings. The molecule has 1 aliphatic heterocycles. The smallest absolute Gasteiger partial charge is 0.271 e. The van der Waals surface area contributed by atoms with Crippen LogP contribution in [0.1, 0.15) is 50.7 Å². The summed E-state index contributed by atoms with van der Waals surface area (Å²) < 4.78 is 11.8. The van der Waals surface area contributed by atoms with Gasteiger partial charge in [0.15, 0.2) is 11.5 Å². The standard InChI is InChI=1S/C28H26Cl2N2O4/c1-3-35-26-13-18(8-11-25(26)36-16-19-9-10-20(29)14-24(19)30)12-22-17(2)23(15-31)28(34)32(27(22)33)21-6-4-5-7-21/h8-14,21H,3-7,16H2,1-2H3/b22-12+. The van der Waals surface area contributed by atoms with Gasteiger partial charge in [0.1, 0.15) is 18.2 Å². The molecule has 1 heterocycles. The minimum atomic E-state index is -0.497. The average Bonchev–Trinajstić information content (AvgIpc) is 3.37. The van der Waals surface area contributed by atoms with Gasteiger partial charge in [-0.3, -0.25) is 14.5 Å². The van der Waals surface area contributed by atoms with E-state index in [4.69, 9.17) is 32.7 Å². The Labute approximate surface area is 220 Å². The first-order valence-corrected chi connectivity index (χ1v) is 12.6. The van der Waals surface area contributed by atoms with Crippen LogP contribution in [0.2, 0.25) is 10.0 Å². The highest BCUT2D eigenvalue weighted by molar-refractivity contribution is 6.35. The topological polar surface area (TPSA) is 79.6 Å². The first kappa shape index (κ1) is 25.8. The number of carbonyl (C=O) groups is 2. The first-order valence-electron chi connectivity index (χ1n) is 11.9. The number of ether oxygens (including phenoxy) is 2. The summed E-state index contributed by atoms with van der Waals surface area (Å²) in [4.78, 5) is 27.6. The maximum atomic E-state index is 13.4. The normalized spacial score (nSPS) is 17.6. The summed E-state index contributed by atoms with van der Waals surface area (Å²) >= 11 is 12.2. The van der Waals surface area contributed by atoms with Crippen LogP contribution >= 0.6 is 23.2 Å². The van der Waals surface area contributed by atoms with Gasteiger partial charge < -0.3 is 9.47 Å². The Morgan fingerprint density at radius 1 is 1.06 bits per heavy atom. The number of carbonyl (C=O) groups excluding carboxylic acids is 2. The van der Waals surface area contributed by atoms with Gasteiger partial charge >= 0.3 is 0 Å². The Morgan fingerprint density at radius 2 is 1.81 bits per heavy atom. The zero-order chi connectivity index (χ0) is 25.8. The molecule has 0 unspecified atom stereocenters. The number of benzene rings is 2. The van der Waals surface area contributed by atoms with Crippen LogP contribution in [-0.4, -0.2) is 29.4 Å². The van der Waals surface area contributed by atoms with Crippen molar-refractivity contribution in [1.82, 2.24) is 4.90 Å². The average molecular weight is 525 g/mol. The summed E-state index contributed by atoms with van der Waals surface area (Å²) in [6.07, 6.45) is 5.16. The van der Waals surface area contributed by atoms with Gasteiger partial charge in [-0.1, -0.05) is 48.2 Å². The highest BCUT2D eigenvalue weighted by atomic mass is 35.5. The van der Waals surface area contributed by atoms with Crippen molar-refractivity contribution in [3.8, 4) is 17.6 Å². The number of hydrogen-bond acceptors (Lipinski definition) is 5. The third-order valence-electron chi connectivity index (χ3n) is 6.44. The lowest BCUT2D eigenvalue weighted by Gasteiger charge is -2.32. The molecule has 0 bridgehead atoms. The summed E-state index contributed by atoms with van der Waals surface area (Å²) in [5.41, 5.74) is 2.21. The second-order valence-corrected chi connectivity index (χ2v) is 9.60. The van der Waals surface area contributed by atoms with Crippen LogP contribution in [0.3, 0.4) is 0 Å². The summed E-state index contributed by atoms with van der Waals surface area (Å²) in [7, 11) is 0. The molecule has 2 aromatic carbocycles. The van der Waals surface area contributed by atoms with Gasteiger partial charge in [0.05, 0.1) is 6.61 Å². The molecule has 0 saturated heterocycles. The van der Waals surface area contributed by atoms with E-state index in [2.05, 4.69) is 0 Å². The summed E-state index contributed by atoms with van der Waals surface area (Å²) in [5, 5.41) is 10.7. The van der Waals surface area contributed by atoms with E-state index in [1.54, 1.807) is 49.4 Å². The van der Waals surface area contributed by atoms with Crippen LogP contribution in [0.5, 0.6) is 11.5 Å². The lowest BCUT2D eigenvalue weighted by molar-refractivity contribution is -0.143. The summed E-state index contributed by atoms with van der Waals surface area (Å²) in [6, 6.07) is 12.4. The molecule has 186 valence electrons. The number of nitriles is 1. The van der Waals surface area contributed by atoms with Gasteiger partial charge in [-0.05, 0) is 68.2 Å². The van der Waals surface area contributed by atoms with Crippen molar-refractivity contribution < 1.29 is 19.1 Å². The van der Waals surface area contributed by atoms with Crippen molar-refractivity contribution in [2.24, 2.45) is 0 Å². The molecule has 8 heteroatoms. The number of amides is 2. The van der Waals surface area contributed by atoms with E-state index < -0.39 is 5.91 Å². The van der Waals surface area contributed by atoms with Crippen molar-refractivity contribution in [1.29, 1.82) is 5.26 Å². The van der Waals surface area contributed by atoms with Crippen LogP contribution in [0.25, 0.3) is 6.08 Å². The van der Waals surface area contributed by atoms with E-state index in [1.807, 2.05) is 13.0 Å². The molecule has 0 radical (unpaired) electrons. The van der Waals surface area contributed by atoms with E-state index in [0.29, 0.717) is 44.9 Å². The van der Waals surface area contributed by atoms with Gasteiger partial charge in [0.2, 0.25) is 0 Å². The largest absolute Gasteiger partial charge is 0.490 e. The predicted molar refractivity (Wildman–Crippen MR) is 139 cm³/mol. The molecular weight excluding hydrogens is 499 g/mol. The SMILES string of the molecule is CCOc1cc(/C=C2/C(=O)N(C3CCCC3)C(=O)C(C#N)=C2C)ccc1OCc1ccc(Cl)cc1Cl. The minimum Gasteiger partial charge on any atom is -0.490 e. The fraction of sp³-hybridized carbons (Fsp3) is 0.321. The molecule has 4 rings (SSSR count). The van der Waals surface area contributed by atoms with Crippen LogP contribution in [0.15, 0.2) is 53.1 Å². The maximum absolute atomic E-state index is 13.4. The molecule has 2 aliphatic rings. The van der Waals surface area contributed by atoms with Crippen molar-refractivity contribution >= 4 is 41.1 Å². The van der Waals surface area contributed by atoms with E-state index in [1.165, 1.54) is 4.90 Å². The van der Waals surface area contributed by atoms with E-state index in [9.17, 15) is 14.9 Å². The Kier molecular flexibility index (Phi) is 8.03. The fourth-order valence-corrected chi connectivity index (χ4v) is 5.02. The predicted octanol–water partition coefficient (Wildman–Crippen LogP) is 6.51. The molecule has 0 aromatic heterocycles. The Balaban J connectivity index is 1.65. The van der Waals surface area contributed by atoms with Gasteiger partial charge in [-0.25, -0.2) is 0 Å². The summed E-state index contributed by atoms with van der Waals surface area (Å²) in [5.74, 6) is 0.168. The van der Waals surface area contributed by atoms with Gasteiger partial charge in [-0.15, -0.1) is 0 Å². The molecule has 0 spiro atoms. The quantitative estimate of drug-likeness (QED) is 0.304. The number of rotatable bonds is 7. The number of halogens is 2. The summed E-state index contributed by atoms with van der Waals surface area (Å²) in [6.45, 7) is 4.15. The van der Waals surface area contributed by atoms with Crippen LogP contribution < -0.4 is 9.47 Å². The Bertz CT molecular complexity index is 1300. The Morgan fingerprint density at radius 3 is 2.47 bits per heavy atom. The van der Waals surface area contributed by atoms with E-state index >= 15 is 0 Å². The van der Waals surface area contributed by atoms with Gasteiger partial charge in [0.25, 0.3) is 11.8 Å². The number of imide groups is 1. The highest BCUT2D eigenvalue weighted by Crippen LogP contribution is 2.35. The number of hydrogen-bond donors (Lipinski definition) is 0.